The van der Waals surface area contributed by atoms with Crippen LogP contribution in [0.15, 0.2) is 46.9 Å². The zero-order chi connectivity index (χ0) is 14.5. The zero-order valence-electron chi connectivity index (χ0n) is 10.6. The molecule has 0 spiro atoms. The molecule has 2 rings (SSSR count). The topological polar surface area (TPSA) is 49.3 Å². The van der Waals surface area contributed by atoms with Crippen molar-refractivity contribution in [1.82, 2.24) is 5.32 Å². The molecule has 0 saturated heterocycles. The van der Waals surface area contributed by atoms with Crippen LogP contribution in [0.3, 0.4) is 0 Å². The molecule has 5 heteroatoms. The number of halogens is 2. The Morgan fingerprint density at radius 3 is 2.40 bits per heavy atom. The van der Waals surface area contributed by atoms with Crippen molar-refractivity contribution in [2.24, 2.45) is 0 Å². The van der Waals surface area contributed by atoms with Gasteiger partial charge in [0.1, 0.15) is 5.75 Å². The number of carbonyl (C=O) groups excluding carboxylic acids is 1. The first-order chi connectivity index (χ1) is 9.60. The van der Waals surface area contributed by atoms with Crippen molar-refractivity contribution < 1.29 is 9.90 Å². The summed E-state index contributed by atoms with van der Waals surface area (Å²) in [7, 11) is 0. The molecule has 0 aliphatic carbocycles. The Morgan fingerprint density at radius 2 is 1.80 bits per heavy atom. The molecule has 0 bridgehead atoms. The lowest BCUT2D eigenvalue weighted by atomic mass is 10.1. The van der Waals surface area contributed by atoms with Crippen LogP contribution in [0.5, 0.6) is 5.75 Å². The molecule has 1 amide bonds. The van der Waals surface area contributed by atoms with Crippen LogP contribution >= 0.6 is 27.5 Å². The van der Waals surface area contributed by atoms with Crippen LogP contribution in [0.1, 0.15) is 21.5 Å². The number of alkyl halides is 1. The van der Waals surface area contributed by atoms with Crippen LogP contribution in [0.2, 0.25) is 0 Å². The molecule has 0 aliphatic heterocycles. The third-order valence-electron chi connectivity index (χ3n) is 2.84. The second kappa shape index (κ2) is 6.77. The first kappa shape index (κ1) is 14.9. The Hall–Kier alpha value is -1.52. The maximum atomic E-state index is 11.9. The van der Waals surface area contributed by atoms with Crippen LogP contribution < -0.4 is 5.32 Å². The number of phenols is 1. The molecule has 3 nitrogen and oxygen atoms in total. The van der Waals surface area contributed by atoms with Gasteiger partial charge < -0.3 is 10.4 Å². The van der Waals surface area contributed by atoms with Crippen LogP contribution in [0.25, 0.3) is 0 Å². The monoisotopic (exact) mass is 353 g/mol. The average Bonchev–Trinajstić information content (AvgIpc) is 2.48. The van der Waals surface area contributed by atoms with E-state index in [1.165, 1.54) is 6.07 Å². The maximum Gasteiger partial charge on any atom is 0.251 e. The average molecular weight is 355 g/mol. The van der Waals surface area contributed by atoms with E-state index in [0.717, 1.165) is 11.1 Å². The van der Waals surface area contributed by atoms with Crippen molar-refractivity contribution in [3.63, 3.8) is 0 Å². The number of rotatable bonds is 4. The summed E-state index contributed by atoms with van der Waals surface area (Å²) < 4.78 is 0.561. The number of amides is 1. The van der Waals surface area contributed by atoms with E-state index < -0.39 is 0 Å². The van der Waals surface area contributed by atoms with Gasteiger partial charge in [0.05, 0.1) is 4.47 Å². The highest BCUT2D eigenvalue weighted by atomic mass is 79.9. The number of phenolic OH excluding ortho intramolecular Hbond substituents is 1. The van der Waals surface area contributed by atoms with Gasteiger partial charge in [-0.2, -0.15) is 0 Å². The third kappa shape index (κ3) is 3.74. The number of carbonyl (C=O) groups is 1. The van der Waals surface area contributed by atoms with E-state index in [2.05, 4.69) is 21.2 Å². The van der Waals surface area contributed by atoms with Crippen molar-refractivity contribution in [1.29, 1.82) is 0 Å². The van der Waals surface area contributed by atoms with Crippen LogP contribution in [0, 0.1) is 0 Å². The first-order valence-corrected chi connectivity index (χ1v) is 7.33. The molecular formula is C15H13BrClNO2. The van der Waals surface area contributed by atoms with Gasteiger partial charge in [-0.05, 0) is 45.3 Å². The van der Waals surface area contributed by atoms with Gasteiger partial charge in [0, 0.05) is 18.0 Å². The fourth-order valence-electron chi connectivity index (χ4n) is 1.68. The molecule has 0 aliphatic rings. The van der Waals surface area contributed by atoms with Gasteiger partial charge in [0.15, 0.2) is 0 Å². The van der Waals surface area contributed by atoms with Crippen molar-refractivity contribution in [3.05, 3.63) is 63.6 Å². The minimum Gasteiger partial charge on any atom is -0.507 e. The molecule has 0 heterocycles. The van der Waals surface area contributed by atoms with Gasteiger partial charge in [0.25, 0.3) is 5.91 Å². The van der Waals surface area contributed by atoms with Crippen LogP contribution in [-0.2, 0) is 12.4 Å². The summed E-state index contributed by atoms with van der Waals surface area (Å²) in [5.41, 5.74) is 2.45. The highest BCUT2D eigenvalue weighted by Gasteiger charge is 2.07. The predicted molar refractivity (Wildman–Crippen MR) is 83.0 cm³/mol. The molecule has 104 valence electrons. The second-order valence-corrected chi connectivity index (χ2v) is 5.42. The lowest BCUT2D eigenvalue weighted by Gasteiger charge is -2.07. The smallest absolute Gasteiger partial charge is 0.251 e. The number of hydrogen-bond acceptors (Lipinski definition) is 2. The van der Waals surface area contributed by atoms with E-state index in [0.29, 0.717) is 22.5 Å². The second-order valence-electron chi connectivity index (χ2n) is 4.30. The largest absolute Gasteiger partial charge is 0.507 e. The molecule has 0 aromatic heterocycles. The van der Waals surface area contributed by atoms with Crippen LogP contribution in [-0.4, -0.2) is 11.0 Å². The molecule has 0 atom stereocenters. The van der Waals surface area contributed by atoms with Gasteiger partial charge in [-0.15, -0.1) is 11.6 Å². The molecule has 0 fully saturated rings. The molecule has 2 N–H and O–H groups in total. The number of nitrogens with one attached hydrogen (secondary N) is 1. The number of benzene rings is 2. The Kier molecular flexibility index (Phi) is 5.04. The van der Waals surface area contributed by atoms with Crippen LogP contribution in [0.4, 0.5) is 0 Å². The van der Waals surface area contributed by atoms with E-state index in [1.54, 1.807) is 12.1 Å². The SMILES string of the molecule is O=C(NCc1ccc(CCl)cc1)c1ccc(Br)c(O)c1. The van der Waals surface area contributed by atoms with Gasteiger partial charge in [-0.3, -0.25) is 4.79 Å². The Morgan fingerprint density at radius 1 is 1.15 bits per heavy atom. The van der Waals surface area contributed by atoms with Crippen molar-refractivity contribution in [2.45, 2.75) is 12.4 Å². The third-order valence-corrected chi connectivity index (χ3v) is 3.82. The standard InChI is InChI=1S/C15H13BrClNO2/c16-13-6-5-12(7-14(13)19)15(20)18-9-11-3-1-10(8-17)2-4-11/h1-7,19H,8-9H2,(H,18,20). The summed E-state index contributed by atoms with van der Waals surface area (Å²) >= 11 is 8.89. The maximum absolute atomic E-state index is 11.9. The Labute approximate surface area is 130 Å². The summed E-state index contributed by atoms with van der Waals surface area (Å²) in [5, 5.41) is 12.4. The van der Waals surface area contributed by atoms with Gasteiger partial charge in [-0.1, -0.05) is 24.3 Å². The number of aromatic hydroxyl groups is 1. The van der Waals surface area contributed by atoms with Crippen molar-refractivity contribution >= 4 is 33.4 Å². The molecule has 2 aromatic rings. The highest BCUT2D eigenvalue weighted by molar-refractivity contribution is 9.10. The van der Waals surface area contributed by atoms with E-state index in [-0.39, 0.29) is 11.7 Å². The normalized spacial score (nSPS) is 10.3. The molecule has 0 saturated carbocycles. The van der Waals surface area contributed by atoms with E-state index >= 15 is 0 Å². The molecule has 20 heavy (non-hydrogen) atoms. The summed E-state index contributed by atoms with van der Waals surface area (Å²) in [6, 6.07) is 12.4. The Bertz CT molecular complexity index is 614. The Balaban J connectivity index is 1.98. The zero-order valence-corrected chi connectivity index (χ0v) is 12.9. The molecule has 0 unspecified atom stereocenters. The van der Waals surface area contributed by atoms with Crippen molar-refractivity contribution in [3.8, 4) is 5.75 Å². The lowest BCUT2D eigenvalue weighted by molar-refractivity contribution is 0.0950. The van der Waals surface area contributed by atoms with Gasteiger partial charge in [0.2, 0.25) is 0 Å². The highest BCUT2D eigenvalue weighted by Crippen LogP contribution is 2.24. The summed E-state index contributed by atoms with van der Waals surface area (Å²) in [4.78, 5) is 11.9. The fraction of sp³-hybridized carbons (Fsp3) is 0.133. The predicted octanol–water partition coefficient (Wildman–Crippen LogP) is 3.82. The minimum atomic E-state index is -0.228. The first-order valence-electron chi connectivity index (χ1n) is 6.00. The van der Waals surface area contributed by atoms with Gasteiger partial charge >= 0.3 is 0 Å². The quantitative estimate of drug-likeness (QED) is 0.820. The molecule has 2 aromatic carbocycles. The fourth-order valence-corrected chi connectivity index (χ4v) is 2.11. The summed E-state index contributed by atoms with van der Waals surface area (Å²) in [6.07, 6.45) is 0. The molecular weight excluding hydrogens is 342 g/mol. The van der Waals surface area contributed by atoms with E-state index in [9.17, 15) is 9.90 Å². The summed E-state index contributed by atoms with van der Waals surface area (Å²) in [6.45, 7) is 0.429. The van der Waals surface area contributed by atoms with Gasteiger partial charge in [-0.25, -0.2) is 0 Å². The summed E-state index contributed by atoms with van der Waals surface area (Å²) in [5.74, 6) is 0.295. The minimum absolute atomic E-state index is 0.0455. The molecule has 0 radical (unpaired) electrons. The lowest BCUT2D eigenvalue weighted by Crippen LogP contribution is -2.22. The van der Waals surface area contributed by atoms with Crippen molar-refractivity contribution in [2.75, 3.05) is 0 Å². The van der Waals surface area contributed by atoms with E-state index in [4.69, 9.17) is 11.6 Å². The number of hydrogen-bond donors (Lipinski definition) is 2. The van der Waals surface area contributed by atoms with E-state index in [1.807, 2.05) is 24.3 Å².